The molecule has 12 bridgehead atoms. The van der Waals surface area contributed by atoms with Crippen molar-refractivity contribution in [2.45, 2.75) is 354 Å². The summed E-state index contributed by atoms with van der Waals surface area (Å²) in [5.41, 5.74) is 14.3. The molecule has 0 aromatic heterocycles. The number of hydrogen-bond donors (Lipinski definition) is 8. The number of Topliss-reactive ketones (excluding diaryl/α,β-unsaturated/α-hetero) is 1. The fraction of sp³-hybridized carbons (Fsp3) is 0.612. The maximum atomic E-state index is 12.8. The van der Waals surface area contributed by atoms with Gasteiger partial charge >= 0.3 is 51.4 Å². The van der Waals surface area contributed by atoms with E-state index in [1.165, 1.54) is 99.7 Å². The Hall–Kier alpha value is -5.86. The van der Waals surface area contributed by atoms with Crippen LogP contribution in [-0.2, 0) is 85.8 Å². The predicted molar refractivity (Wildman–Crippen MR) is 568 cm³/mol. The van der Waals surface area contributed by atoms with Crippen LogP contribution in [0.15, 0.2) is 143 Å². The molecule has 22 nitrogen and oxygen atoms in total. The number of aromatic hydroxyl groups is 1. The summed E-state index contributed by atoms with van der Waals surface area (Å²) in [4.78, 5) is 28.9. The number of hydrazone groups is 1. The van der Waals surface area contributed by atoms with Gasteiger partial charge in [0.25, 0.3) is 10.0 Å². The van der Waals surface area contributed by atoms with E-state index in [0.29, 0.717) is 50.3 Å². The maximum absolute atomic E-state index is 12.8. The number of piperidine rings is 6. The molecule has 26 heteroatoms. The number of fused-ring (bicyclic) bond motifs is 6. The van der Waals surface area contributed by atoms with Crippen molar-refractivity contribution in [2.75, 3.05) is 103 Å². The van der Waals surface area contributed by atoms with Crippen LogP contribution in [0.5, 0.6) is 23.0 Å². The van der Waals surface area contributed by atoms with Crippen LogP contribution in [-0.4, -0.2) is 258 Å². The molecule has 6 aliphatic heterocycles. The monoisotopic (exact) mass is 2110 g/mol. The molecule has 12 aliphatic carbocycles. The van der Waals surface area contributed by atoms with Crippen molar-refractivity contribution in [3.8, 4) is 29.1 Å². The van der Waals surface area contributed by atoms with Crippen molar-refractivity contribution < 1.29 is 122 Å². The standard InChI is InChI=1S/C25H31N3O4S.C18H22N2O.C18H23NO3.C18H25NO2.C18H25NO.C17H23NO2.2CH4.FH.HI.K.H2.H/c1-17-4-8-21(9-5-17)33(30,31)27-26-19-10-11-25(29)23-14-18-6-7-20(32-3)15-22(18)24(25,16-19)12-13-28(23)2;1-20-9-8-17-6-2-3-7-18(17,21)16(20)11-14-5-4-13(12-19)10-15(14)17;1-19-8-7-17-11-13(20)5-6-18(17,21)16(19)9-12-3-4-14(22-2)10-15(12)17;1-19-10-9-17-7-3-4-8-18(17,20)16(19)11-13-5-6-14(21-2)12-15(13)17;1-13-5-6-14-12-16-18(20)8-4-3-7-17(18,15(14)11-13)9-10-19(16)2;1-18-9-8-16-6-2-3-7-17(16,20)15(18)10-12-4-5-13(19)11-14(12)16;;;;;;;/h4-9,15,23,27,29H,10-14,16H2,1-3H3;4-5,10,16,21H,2-3,6-9,11H2,1H3;3-4,10,16,21H,5-9,11H2,1-2H3;5-6,12,16,20H,3-4,7-11H2,1-2H3;5-6,11,16,20H,3-4,7-10,12H2,1-2H3;4-5,11,15,19-20H,2-3,6-10H2,1H3;2*1H4;2*1H;;1H;/q;;;;;;;;;;+1;;-1/b26-19+;;;;;;;;;;;;/t23-,24-,25-;16-,17+,18-;16-,17-,18-;2*16-,17+,18-;15-,16+,17-;;;;;;;/m111111......./s1. The minimum Gasteiger partial charge on any atom is -1.00 e. The SMILES string of the molecule is C.C.CN1CC[C@]23CCCC[C@@]2(O)[C@H]1Cc1ccc(C#N)cc13.CN1CC[C@]23CCCC[C@@]2(O)[C@H]1Cc1ccc(O)cc13.COc1ccc2c(c1)[C@@]13CCCC[C@@]1(O)[C@@H](C2)N(C)CC3.COc1ccc2c(c1)[C@]13CCN(C)[C@H](C2)[C@]1(O)CC/C(=N\NS(=O)(=O)c1ccc(C)cc1)C3.COc1ccc2c(c1)[C@]13CCN(C)[C@H](C2)[C@]1(O)CCC(=O)C3.Cc1ccc2c(c1)[C@@]13CCCC[C@@]1(O)[C@@H](C2)N(C)CC3.F.I.[H-].[HH].[K+]. The first-order valence-electron chi connectivity index (χ1n) is 51.7. The van der Waals surface area contributed by atoms with Crippen LogP contribution < -0.4 is 70.4 Å². The van der Waals surface area contributed by atoms with Crippen molar-refractivity contribution in [3.05, 3.63) is 217 Å². The first kappa shape index (κ1) is 110. The number of nitriles is 1. The third kappa shape index (κ3) is 17.4. The van der Waals surface area contributed by atoms with E-state index < -0.39 is 54.5 Å². The van der Waals surface area contributed by atoms with Crippen molar-refractivity contribution in [1.82, 2.24) is 34.2 Å². The molecule has 0 spiro atoms. The molecule has 6 saturated carbocycles. The third-order valence-corrected chi connectivity index (χ3v) is 41.1. The summed E-state index contributed by atoms with van der Waals surface area (Å²) < 4.78 is 41.9. The van der Waals surface area contributed by atoms with Gasteiger partial charge in [-0.25, -0.2) is 4.83 Å². The van der Waals surface area contributed by atoms with Crippen LogP contribution in [0.25, 0.3) is 0 Å². The van der Waals surface area contributed by atoms with Gasteiger partial charge in [0.05, 0.1) is 71.5 Å². The second kappa shape index (κ2) is 41.5. The molecule has 142 heavy (non-hydrogen) atoms. The average Bonchev–Trinajstić information content (AvgIpc) is 0.951. The smallest absolute Gasteiger partial charge is 1.00 e. The molecule has 770 valence electrons. The normalized spacial score (nSPS) is 35.5. The van der Waals surface area contributed by atoms with Gasteiger partial charge in [0.15, 0.2) is 0 Å². The Morgan fingerprint density at radius 1 is 0.387 bits per heavy atom. The zero-order valence-electron chi connectivity index (χ0n) is 85.8. The van der Waals surface area contributed by atoms with Crippen LogP contribution in [0.4, 0.5) is 4.70 Å². The molecule has 6 saturated heterocycles. The van der Waals surface area contributed by atoms with E-state index in [9.17, 15) is 54.2 Å². The molecular formula is C116H162FIKN9O13S. The van der Waals surface area contributed by atoms with Gasteiger partial charge < -0.3 is 80.8 Å². The van der Waals surface area contributed by atoms with Gasteiger partial charge in [0, 0.05) is 95.1 Å². The molecule has 7 aromatic carbocycles. The Balaban J connectivity index is 0.000000145. The van der Waals surface area contributed by atoms with Crippen molar-refractivity contribution >= 4 is 45.5 Å². The number of methoxy groups -OCH3 is 3. The molecule has 6 heterocycles. The minimum atomic E-state index is -3.75. The summed E-state index contributed by atoms with van der Waals surface area (Å²) in [6.45, 7) is 10.2. The molecule has 0 amide bonds. The first-order valence-corrected chi connectivity index (χ1v) is 53.2. The minimum absolute atomic E-state index is 0. The second-order valence-electron chi connectivity index (χ2n) is 45.6. The Morgan fingerprint density at radius 2 is 0.676 bits per heavy atom. The Labute approximate surface area is 907 Å². The fourth-order valence-corrected chi connectivity index (χ4v) is 33.3. The van der Waals surface area contributed by atoms with Crippen LogP contribution in [0.2, 0.25) is 0 Å². The number of likely N-dealkylation sites (N-methyl/N-ethyl adjacent to an activating group) is 6. The van der Waals surface area contributed by atoms with E-state index in [1.807, 2.05) is 31.2 Å². The number of sulfonamides is 1. The zero-order chi connectivity index (χ0) is 96.2. The number of likely N-dealkylation sites (tertiary alicyclic amines) is 6. The van der Waals surface area contributed by atoms with Crippen molar-refractivity contribution in [2.24, 2.45) is 5.10 Å². The second-order valence-corrected chi connectivity index (χ2v) is 47.3. The van der Waals surface area contributed by atoms with Crippen LogP contribution in [0, 0.1) is 25.2 Å². The number of halogens is 2. The molecule has 18 aliphatic rings. The number of aryl methyl sites for hydroxylation is 2. The Morgan fingerprint density at radius 3 is 1.04 bits per heavy atom. The number of rotatable bonds is 6. The molecular weight excluding hydrogens is 1940 g/mol. The number of ether oxygens (including phenoxy) is 3. The van der Waals surface area contributed by atoms with E-state index in [1.54, 1.807) is 51.7 Å². The topological polar surface area (TPSA) is 288 Å². The average molecular weight is 2110 g/mol. The summed E-state index contributed by atoms with van der Waals surface area (Å²) in [6, 6.07) is 47.7. The van der Waals surface area contributed by atoms with E-state index in [2.05, 4.69) is 173 Å². The fourth-order valence-electron chi connectivity index (χ4n) is 32.4. The first-order chi connectivity index (χ1) is 65.5. The largest absolute Gasteiger partial charge is 1.00 e. The molecule has 8 N–H and O–H groups in total. The molecule has 7 aromatic rings. The number of nitrogens with one attached hydrogen (secondary N) is 1. The van der Waals surface area contributed by atoms with E-state index >= 15 is 0 Å². The predicted octanol–water partition coefficient (Wildman–Crippen LogP) is 13.7. The third-order valence-electron chi connectivity index (χ3n) is 39.8. The van der Waals surface area contributed by atoms with Gasteiger partial charge in [-0.1, -0.05) is 138 Å². The van der Waals surface area contributed by atoms with Crippen LogP contribution in [0.3, 0.4) is 0 Å². The summed E-state index contributed by atoms with van der Waals surface area (Å²) in [6.07, 6.45) is 32.0. The van der Waals surface area contributed by atoms with Crippen LogP contribution in [0.1, 0.15) is 281 Å². The summed E-state index contributed by atoms with van der Waals surface area (Å²) in [5.74, 6) is 3.12. The van der Waals surface area contributed by atoms with Gasteiger partial charge in [-0.2, -0.15) is 18.8 Å². The number of carbonyl (C=O) groups is 1. The van der Waals surface area contributed by atoms with Gasteiger partial charge in [-0.3, -0.25) is 9.50 Å². The maximum Gasteiger partial charge on any atom is 1.00 e. The van der Waals surface area contributed by atoms with Crippen molar-refractivity contribution in [3.63, 3.8) is 0 Å². The molecule has 25 rings (SSSR count). The van der Waals surface area contributed by atoms with Gasteiger partial charge in [0.2, 0.25) is 0 Å². The van der Waals surface area contributed by atoms with Gasteiger partial charge in [-0.05, 0) is 383 Å². The summed E-state index contributed by atoms with van der Waals surface area (Å²) >= 11 is 0. The number of phenols is 1. The number of aliphatic hydroxyl groups is 6. The van der Waals surface area contributed by atoms with Gasteiger partial charge in [0.1, 0.15) is 28.8 Å². The number of phenolic OH excluding ortho intramolecular Hbond substituents is 1. The van der Waals surface area contributed by atoms with E-state index in [-0.39, 0.29) is 160 Å². The number of benzene rings is 7. The van der Waals surface area contributed by atoms with Crippen LogP contribution >= 0.6 is 24.0 Å². The van der Waals surface area contributed by atoms with E-state index in [4.69, 9.17) is 14.2 Å². The number of ketones is 1. The number of carbonyl (C=O) groups excluding carboxylic acids is 1. The van der Waals surface area contributed by atoms with E-state index in [0.717, 1.165) is 226 Å². The molecule has 18 atom stereocenters. The summed E-state index contributed by atoms with van der Waals surface area (Å²) in [5, 5.41) is 93.7. The Kier molecular flexibility index (Phi) is 32.2. The molecule has 12 fully saturated rings. The Bertz CT molecular complexity index is 5930. The number of hydrogen-bond acceptors (Lipinski definition) is 21. The number of nitrogens with zero attached hydrogens (tertiary/aromatic N) is 8. The summed E-state index contributed by atoms with van der Waals surface area (Å²) in [7, 11) is 14.1. The quantitative estimate of drug-likeness (QED) is 0.0436. The molecule has 0 unspecified atom stereocenters. The molecule has 0 radical (unpaired) electrons. The van der Waals surface area contributed by atoms with Crippen molar-refractivity contribution in [1.29, 1.82) is 5.26 Å². The zero-order valence-corrected chi connectivity index (χ0v) is 91.1. The van der Waals surface area contributed by atoms with Gasteiger partial charge in [-0.15, -0.1) is 24.0 Å².